The highest BCUT2D eigenvalue weighted by atomic mass is 16.1. The Balaban J connectivity index is 1.98. The molecule has 1 saturated carbocycles. The zero-order valence-corrected chi connectivity index (χ0v) is 12.8. The number of amides is 1. The first kappa shape index (κ1) is 15.0. The van der Waals surface area contributed by atoms with Gasteiger partial charge in [0, 0.05) is 24.3 Å². The minimum atomic E-state index is 0.0922. The number of aromatic nitrogens is 2. The molecular formula is C15H26N4O. The molecule has 2 rings (SSSR count). The Morgan fingerprint density at radius 3 is 2.70 bits per heavy atom. The van der Waals surface area contributed by atoms with Crippen LogP contribution in [0, 0.1) is 19.8 Å². The van der Waals surface area contributed by atoms with Crippen molar-refractivity contribution >= 4 is 5.91 Å². The fourth-order valence-corrected chi connectivity index (χ4v) is 3.17. The van der Waals surface area contributed by atoms with Gasteiger partial charge in [-0.3, -0.25) is 9.48 Å². The zero-order chi connectivity index (χ0) is 14.7. The summed E-state index contributed by atoms with van der Waals surface area (Å²) in [7, 11) is 1.91. The number of carbonyl (C=O) groups excluding carboxylic acids is 1. The molecule has 2 unspecified atom stereocenters. The van der Waals surface area contributed by atoms with E-state index in [0.29, 0.717) is 18.9 Å². The van der Waals surface area contributed by atoms with E-state index in [1.165, 1.54) is 12.8 Å². The molecule has 0 spiro atoms. The molecule has 1 aliphatic carbocycles. The molecule has 1 aromatic rings. The largest absolute Gasteiger partial charge is 0.353 e. The predicted octanol–water partition coefficient (Wildman–Crippen LogP) is 1.21. The lowest BCUT2D eigenvalue weighted by molar-refractivity contribution is -0.121. The van der Waals surface area contributed by atoms with Crippen molar-refractivity contribution in [3.8, 4) is 0 Å². The van der Waals surface area contributed by atoms with Crippen molar-refractivity contribution in [1.29, 1.82) is 0 Å². The molecule has 2 atom stereocenters. The van der Waals surface area contributed by atoms with E-state index in [2.05, 4.69) is 10.4 Å². The van der Waals surface area contributed by atoms with Gasteiger partial charge in [-0.15, -0.1) is 0 Å². The number of nitrogens with two attached hydrogens (primary N) is 1. The van der Waals surface area contributed by atoms with Gasteiger partial charge in [-0.05, 0) is 39.2 Å². The molecular weight excluding hydrogens is 252 g/mol. The normalized spacial score (nSPS) is 22.8. The second-order valence-corrected chi connectivity index (χ2v) is 5.90. The summed E-state index contributed by atoms with van der Waals surface area (Å²) >= 11 is 0. The van der Waals surface area contributed by atoms with E-state index < -0.39 is 0 Å². The van der Waals surface area contributed by atoms with E-state index in [0.717, 1.165) is 29.8 Å². The maximum atomic E-state index is 12.3. The minimum Gasteiger partial charge on any atom is -0.353 e. The second-order valence-electron chi connectivity index (χ2n) is 5.90. The quantitative estimate of drug-likeness (QED) is 0.869. The summed E-state index contributed by atoms with van der Waals surface area (Å²) in [6, 6.07) is 0.249. The number of rotatable bonds is 4. The number of hydrogen-bond donors (Lipinski definition) is 2. The number of carbonyl (C=O) groups is 1. The van der Waals surface area contributed by atoms with Gasteiger partial charge in [0.05, 0.1) is 12.1 Å². The van der Waals surface area contributed by atoms with Gasteiger partial charge in [0.1, 0.15) is 0 Å². The van der Waals surface area contributed by atoms with Crippen molar-refractivity contribution in [2.75, 3.05) is 6.54 Å². The molecule has 0 saturated heterocycles. The van der Waals surface area contributed by atoms with Crippen LogP contribution in [-0.2, 0) is 18.3 Å². The first-order chi connectivity index (χ1) is 9.52. The second kappa shape index (κ2) is 6.39. The molecule has 0 radical (unpaired) electrons. The third-order valence-electron chi connectivity index (χ3n) is 4.55. The van der Waals surface area contributed by atoms with Crippen LogP contribution in [0.4, 0.5) is 0 Å². The molecule has 3 N–H and O–H groups in total. The molecule has 5 heteroatoms. The molecule has 1 amide bonds. The van der Waals surface area contributed by atoms with E-state index in [1.54, 1.807) is 0 Å². The first-order valence-electron chi connectivity index (χ1n) is 7.51. The van der Waals surface area contributed by atoms with Gasteiger partial charge >= 0.3 is 0 Å². The van der Waals surface area contributed by atoms with Crippen molar-refractivity contribution < 1.29 is 4.79 Å². The van der Waals surface area contributed by atoms with Gasteiger partial charge in [-0.25, -0.2) is 0 Å². The smallest absolute Gasteiger partial charge is 0.224 e. The van der Waals surface area contributed by atoms with Gasteiger partial charge < -0.3 is 11.1 Å². The Labute approximate surface area is 120 Å². The van der Waals surface area contributed by atoms with Crippen LogP contribution in [0.25, 0.3) is 0 Å². The zero-order valence-electron chi connectivity index (χ0n) is 12.8. The molecule has 0 aliphatic heterocycles. The van der Waals surface area contributed by atoms with Crippen LogP contribution >= 0.6 is 0 Å². The lowest BCUT2D eigenvalue weighted by atomic mass is 9.84. The van der Waals surface area contributed by atoms with Crippen LogP contribution in [0.3, 0.4) is 0 Å². The Morgan fingerprint density at radius 1 is 1.40 bits per heavy atom. The number of aryl methyl sites for hydroxylation is 2. The summed E-state index contributed by atoms with van der Waals surface area (Å²) in [5.41, 5.74) is 8.87. The van der Waals surface area contributed by atoms with E-state index in [1.807, 2.05) is 25.6 Å². The van der Waals surface area contributed by atoms with Crippen LogP contribution in [0.2, 0.25) is 0 Å². The molecule has 0 aromatic carbocycles. The lowest BCUT2D eigenvalue weighted by Crippen LogP contribution is -2.45. The predicted molar refractivity (Wildman–Crippen MR) is 79.3 cm³/mol. The highest BCUT2D eigenvalue weighted by molar-refractivity contribution is 5.79. The summed E-state index contributed by atoms with van der Waals surface area (Å²) in [5, 5.41) is 7.53. The molecule has 1 fully saturated rings. The fourth-order valence-electron chi connectivity index (χ4n) is 3.17. The number of nitrogens with one attached hydrogen (secondary N) is 1. The monoisotopic (exact) mass is 278 g/mol. The number of nitrogens with zero attached hydrogens (tertiary/aromatic N) is 2. The average Bonchev–Trinajstić information content (AvgIpc) is 2.66. The Kier molecular flexibility index (Phi) is 4.81. The van der Waals surface area contributed by atoms with Crippen LogP contribution in [0.5, 0.6) is 0 Å². The Hall–Kier alpha value is -1.36. The lowest BCUT2D eigenvalue weighted by Gasteiger charge is -2.31. The van der Waals surface area contributed by atoms with Crippen LogP contribution < -0.4 is 11.1 Å². The molecule has 112 valence electrons. The summed E-state index contributed by atoms with van der Waals surface area (Å²) in [6.07, 6.45) is 5.02. The SMILES string of the molecule is Cc1nn(C)c(C)c1CC(=O)NC1CCCCC1CN. The minimum absolute atomic E-state index is 0.0922. The van der Waals surface area contributed by atoms with Crippen molar-refractivity contribution in [1.82, 2.24) is 15.1 Å². The molecule has 1 aliphatic rings. The third-order valence-corrected chi connectivity index (χ3v) is 4.55. The van der Waals surface area contributed by atoms with E-state index in [4.69, 9.17) is 5.73 Å². The van der Waals surface area contributed by atoms with E-state index >= 15 is 0 Å². The molecule has 0 bridgehead atoms. The molecule has 1 aromatic heterocycles. The van der Waals surface area contributed by atoms with Gasteiger partial charge in [0.2, 0.25) is 5.91 Å². The summed E-state index contributed by atoms with van der Waals surface area (Å²) in [6.45, 7) is 4.63. The maximum absolute atomic E-state index is 12.3. The third kappa shape index (κ3) is 3.20. The van der Waals surface area contributed by atoms with Crippen LogP contribution in [0.1, 0.15) is 42.6 Å². The molecule has 5 nitrogen and oxygen atoms in total. The fraction of sp³-hybridized carbons (Fsp3) is 0.733. The van der Waals surface area contributed by atoms with Crippen LogP contribution in [0.15, 0.2) is 0 Å². The summed E-state index contributed by atoms with van der Waals surface area (Å²) in [4.78, 5) is 12.3. The van der Waals surface area contributed by atoms with Gasteiger partial charge in [-0.2, -0.15) is 5.10 Å². The van der Waals surface area contributed by atoms with Gasteiger partial charge in [-0.1, -0.05) is 12.8 Å². The Bertz CT molecular complexity index is 480. The average molecular weight is 278 g/mol. The van der Waals surface area contributed by atoms with Crippen molar-refractivity contribution in [3.05, 3.63) is 17.0 Å². The highest BCUT2D eigenvalue weighted by Gasteiger charge is 2.25. The summed E-state index contributed by atoms with van der Waals surface area (Å²) < 4.78 is 1.83. The Morgan fingerprint density at radius 2 is 2.10 bits per heavy atom. The van der Waals surface area contributed by atoms with Gasteiger partial charge in [0.25, 0.3) is 0 Å². The first-order valence-corrected chi connectivity index (χ1v) is 7.51. The maximum Gasteiger partial charge on any atom is 0.224 e. The highest BCUT2D eigenvalue weighted by Crippen LogP contribution is 2.23. The topological polar surface area (TPSA) is 72.9 Å². The molecule has 20 heavy (non-hydrogen) atoms. The standard InChI is InChI=1S/C15H26N4O/c1-10-13(11(2)19(3)18-10)8-15(20)17-14-7-5-4-6-12(14)9-16/h12,14H,4-9,16H2,1-3H3,(H,17,20). The van der Waals surface area contributed by atoms with E-state index in [-0.39, 0.29) is 11.9 Å². The molecule has 1 heterocycles. The number of hydrogen-bond acceptors (Lipinski definition) is 3. The van der Waals surface area contributed by atoms with Gasteiger partial charge in [0.15, 0.2) is 0 Å². The van der Waals surface area contributed by atoms with Crippen molar-refractivity contribution in [2.45, 2.75) is 52.0 Å². The van der Waals surface area contributed by atoms with Crippen molar-refractivity contribution in [3.63, 3.8) is 0 Å². The summed E-state index contributed by atoms with van der Waals surface area (Å²) in [5.74, 6) is 0.526. The van der Waals surface area contributed by atoms with Crippen LogP contribution in [-0.4, -0.2) is 28.3 Å². The van der Waals surface area contributed by atoms with E-state index in [9.17, 15) is 4.79 Å². The van der Waals surface area contributed by atoms with Crippen molar-refractivity contribution in [2.24, 2.45) is 18.7 Å².